The first-order valence-corrected chi connectivity index (χ1v) is 12.7. The molecule has 5 aromatic rings. The maximum atomic E-state index is 12.3. The van der Waals surface area contributed by atoms with Gasteiger partial charge in [-0.15, -0.1) is 10.2 Å². The number of hydrogen-bond acceptors (Lipinski definition) is 7. The molecular weight excluding hydrogens is 492 g/mol. The van der Waals surface area contributed by atoms with Crippen LogP contribution in [0.5, 0.6) is 11.6 Å². The lowest BCUT2D eigenvalue weighted by atomic mass is 10.1. The summed E-state index contributed by atoms with van der Waals surface area (Å²) in [6.07, 6.45) is 0. The average Bonchev–Trinajstić information content (AvgIpc) is 3.20. The Kier molecular flexibility index (Phi) is 5.98. The van der Waals surface area contributed by atoms with Gasteiger partial charge in [-0.05, 0) is 48.6 Å². The number of aromatic hydroxyl groups is 2. The Balaban J connectivity index is 1.74. The van der Waals surface area contributed by atoms with Crippen molar-refractivity contribution in [3.05, 3.63) is 90.0 Å². The van der Waals surface area contributed by atoms with Crippen LogP contribution in [0.3, 0.4) is 0 Å². The minimum atomic E-state index is -4.80. The van der Waals surface area contributed by atoms with Crippen LogP contribution in [0, 0.1) is 13.8 Å². The fraction of sp³-hybridized carbons (Fsp3) is 0.0741. The van der Waals surface area contributed by atoms with Gasteiger partial charge in [0.1, 0.15) is 22.0 Å². The molecule has 0 aliphatic carbocycles. The molecule has 0 bridgehead atoms. The van der Waals surface area contributed by atoms with Gasteiger partial charge in [0, 0.05) is 10.9 Å². The topological polar surface area (TPSA) is 137 Å². The monoisotopic (exact) mass is 514 g/mol. The number of rotatable bonds is 5. The smallest absolute Gasteiger partial charge is 0.297 e. The molecule has 9 nitrogen and oxygen atoms in total. The van der Waals surface area contributed by atoms with Gasteiger partial charge in [-0.1, -0.05) is 60.7 Å². The quantitative estimate of drug-likeness (QED) is 0.184. The van der Waals surface area contributed by atoms with Crippen molar-refractivity contribution >= 4 is 32.3 Å². The van der Waals surface area contributed by atoms with E-state index in [4.69, 9.17) is 0 Å². The highest BCUT2D eigenvalue weighted by atomic mass is 32.2. The number of fused-ring (bicyclic) bond motifs is 1. The molecule has 0 unspecified atom stereocenters. The first kappa shape index (κ1) is 24.2. The highest BCUT2D eigenvalue weighted by Crippen LogP contribution is 2.44. The van der Waals surface area contributed by atoms with Crippen molar-refractivity contribution in [2.45, 2.75) is 18.7 Å². The molecule has 5 rings (SSSR count). The van der Waals surface area contributed by atoms with Crippen LogP contribution in [-0.2, 0) is 10.1 Å². The van der Waals surface area contributed by atoms with E-state index < -0.39 is 26.5 Å². The third-order valence-electron chi connectivity index (χ3n) is 6.08. The van der Waals surface area contributed by atoms with Crippen molar-refractivity contribution in [1.29, 1.82) is 0 Å². The Morgan fingerprint density at radius 2 is 1.49 bits per heavy atom. The molecule has 3 N–H and O–H groups in total. The number of phenols is 1. The first-order valence-electron chi connectivity index (χ1n) is 11.2. The molecule has 0 aliphatic rings. The zero-order valence-corrected chi connectivity index (χ0v) is 20.7. The number of nitrogens with zero attached hydrogens (tertiary/aromatic N) is 4. The van der Waals surface area contributed by atoms with Gasteiger partial charge >= 0.3 is 0 Å². The van der Waals surface area contributed by atoms with Crippen molar-refractivity contribution < 1.29 is 23.2 Å². The van der Waals surface area contributed by atoms with E-state index in [0.29, 0.717) is 16.6 Å². The molecule has 10 heteroatoms. The van der Waals surface area contributed by atoms with Gasteiger partial charge in [0.25, 0.3) is 10.1 Å². The molecule has 0 amide bonds. The van der Waals surface area contributed by atoms with Gasteiger partial charge in [0.15, 0.2) is 5.69 Å². The molecule has 1 aromatic heterocycles. The summed E-state index contributed by atoms with van der Waals surface area (Å²) in [5, 5.41) is 35.0. The summed E-state index contributed by atoms with van der Waals surface area (Å²) in [5.41, 5.74) is 3.07. The fourth-order valence-corrected chi connectivity index (χ4v) is 4.92. The molecule has 4 aromatic carbocycles. The van der Waals surface area contributed by atoms with Gasteiger partial charge in [0.2, 0.25) is 5.88 Å². The van der Waals surface area contributed by atoms with E-state index in [1.54, 1.807) is 48.5 Å². The van der Waals surface area contributed by atoms with Crippen LogP contribution in [0.2, 0.25) is 0 Å². The molecule has 0 saturated carbocycles. The number of benzene rings is 4. The van der Waals surface area contributed by atoms with E-state index in [2.05, 4.69) is 15.3 Å². The third-order valence-corrected chi connectivity index (χ3v) is 7.01. The SMILES string of the molecule is Cc1ccc(-n2nc(-c3ccccc3)c(/N=N/c3c(O)cc4ccccc4c3S(=O)(=O)O)c2O)cc1C. The molecule has 186 valence electrons. The minimum absolute atomic E-state index is 0.0433. The van der Waals surface area contributed by atoms with Gasteiger partial charge in [-0.25, -0.2) is 0 Å². The summed E-state index contributed by atoms with van der Waals surface area (Å²) in [6.45, 7) is 3.91. The zero-order chi connectivity index (χ0) is 26.3. The fourth-order valence-electron chi connectivity index (χ4n) is 4.07. The normalized spacial score (nSPS) is 12.0. The summed E-state index contributed by atoms with van der Waals surface area (Å²) in [5.74, 6) is -0.836. The highest BCUT2D eigenvalue weighted by Gasteiger charge is 2.25. The second kappa shape index (κ2) is 9.16. The van der Waals surface area contributed by atoms with Crippen LogP contribution in [-0.4, -0.2) is 33.0 Å². The minimum Gasteiger partial charge on any atom is -0.506 e. The summed E-state index contributed by atoms with van der Waals surface area (Å²) in [4.78, 5) is -0.589. The number of phenolic OH excluding ortho intramolecular Hbond substituents is 1. The highest BCUT2D eigenvalue weighted by molar-refractivity contribution is 7.86. The number of azo groups is 1. The van der Waals surface area contributed by atoms with Crippen LogP contribution in [0.1, 0.15) is 11.1 Å². The lowest BCUT2D eigenvalue weighted by Crippen LogP contribution is -2.00. The van der Waals surface area contributed by atoms with E-state index in [1.807, 2.05) is 32.0 Å². The average molecular weight is 515 g/mol. The molecule has 0 atom stereocenters. The van der Waals surface area contributed by atoms with Gasteiger partial charge in [-0.3, -0.25) is 4.55 Å². The summed E-state index contributed by atoms with van der Waals surface area (Å²) < 4.78 is 35.9. The second-order valence-electron chi connectivity index (χ2n) is 8.54. The van der Waals surface area contributed by atoms with Crippen LogP contribution in [0.25, 0.3) is 27.7 Å². The predicted molar refractivity (Wildman–Crippen MR) is 140 cm³/mol. The lowest BCUT2D eigenvalue weighted by Gasteiger charge is -2.09. The van der Waals surface area contributed by atoms with Crippen LogP contribution < -0.4 is 0 Å². The van der Waals surface area contributed by atoms with Gasteiger partial charge < -0.3 is 10.2 Å². The summed E-state index contributed by atoms with van der Waals surface area (Å²) in [6, 6.07) is 22.2. The van der Waals surface area contributed by atoms with Crippen molar-refractivity contribution in [3.8, 4) is 28.6 Å². The van der Waals surface area contributed by atoms with Crippen LogP contribution in [0.15, 0.2) is 94.0 Å². The molecule has 0 aliphatic heterocycles. The van der Waals surface area contributed by atoms with Crippen molar-refractivity contribution in [1.82, 2.24) is 9.78 Å². The predicted octanol–water partition coefficient (Wildman–Crippen LogP) is 6.38. The Morgan fingerprint density at radius 1 is 0.811 bits per heavy atom. The maximum absolute atomic E-state index is 12.3. The summed E-state index contributed by atoms with van der Waals surface area (Å²) in [7, 11) is -4.80. The van der Waals surface area contributed by atoms with E-state index >= 15 is 0 Å². The van der Waals surface area contributed by atoms with E-state index in [1.165, 1.54) is 16.8 Å². The van der Waals surface area contributed by atoms with Gasteiger partial charge in [0.05, 0.1) is 5.69 Å². The van der Waals surface area contributed by atoms with Crippen molar-refractivity contribution in [3.63, 3.8) is 0 Å². The number of hydrogen-bond donors (Lipinski definition) is 3. The van der Waals surface area contributed by atoms with Crippen LogP contribution >= 0.6 is 0 Å². The van der Waals surface area contributed by atoms with Crippen LogP contribution in [0.4, 0.5) is 11.4 Å². The largest absolute Gasteiger partial charge is 0.506 e. The first-order chi connectivity index (χ1) is 17.6. The maximum Gasteiger partial charge on any atom is 0.297 e. The van der Waals surface area contributed by atoms with Gasteiger partial charge in [-0.2, -0.15) is 18.2 Å². The molecule has 37 heavy (non-hydrogen) atoms. The lowest BCUT2D eigenvalue weighted by molar-refractivity contribution is 0.434. The Hall–Kier alpha value is -4.54. The standard InChI is InChI=1S/C27H22N4O5S/c1-16-12-13-20(14-17(16)2)31-27(33)25(23(30-31)18-8-4-3-5-9-18)29-28-24-22(32)15-19-10-6-7-11-21(19)26(24)37(34,35)36/h3-15,32-33H,1-2H3,(H,34,35,36)/b29-28+. The second-order valence-corrected chi connectivity index (χ2v) is 9.90. The van der Waals surface area contributed by atoms with E-state index in [0.717, 1.165) is 11.1 Å². The molecule has 0 spiro atoms. The Morgan fingerprint density at radius 3 is 2.19 bits per heavy atom. The number of aryl methyl sites for hydroxylation is 2. The van der Waals surface area contributed by atoms with Crippen molar-refractivity contribution in [2.75, 3.05) is 0 Å². The number of aromatic nitrogens is 2. The van der Waals surface area contributed by atoms with E-state index in [-0.39, 0.29) is 22.6 Å². The molecular formula is C27H22N4O5S. The molecule has 0 saturated heterocycles. The molecule has 0 radical (unpaired) electrons. The Bertz CT molecular complexity index is 1800. The zero-order valence-electron chi connectivity index (χ0n) is 19.9. The molecule has 0 fully saturated rings. The summed E-state index contributed by atoms with van der Waals surface area (Å²) >= 11 is 0. The Labute approximate surface area is 212 Å². The third kappa shape index (κ3) is 4.44. The van der Waals surface area contributed by atoms with Crippen molar-refractivity contribution in [2.24, 2.45) is 10.2 Å². The molecule has 1 heterocycles. The van der Waals surface area contributed by atoms with E-state index in [9.17, 15) is 23.2 Å².